The smallest absolute Gasteiger partial charge is 0.870 e. The number of hydrogen-bond donors (Lipinski definition) is 3. The van der Waals surface area contributed by atoms with Crippen molar-refractivity contribution in [3.63, 3.8) is 0 Å². The predicted molar refractivity (Wildman–Crippen MR) is 251 cm³/mol. The summed E-state index contributed by atoms with van der Waals surface area (Å²) < 4.78 is 13.6. The first kappa shape index (κ1) is 53.0. The number of nitrogens with one attached hydrogen (secondary N) is 2. The number of aryl methyl sites for hydroxylation is 5. The van der Waals surface area contributed by atoms with Gasteiger partial charge in [-0.25, -0.2) is 24.9 Å². The zero-order chi connectivity index (χ0) is 48.1. The SMILES string of the molecule is C[C@@H]1C(c2nc([C-]=O)no2)[C@@H]1C.Cc1cc(-c2ncnc(Nc3cnn(C)c3)n2)ccc1CCC(=O)c1noc(C2[C@@H](C)[C@H]2C)n1.Cc1cc(-c2ncnc(Nc3cnn(C)c3)n2)ccc1CN.[K+].[OH-]. The van der Waals surface area contributed by atoms with Gasteiger partial charge in [-0.15, -0.1) is 0 Å². The minimum Gasteiger partial charge on any atom is -0.870 e. The summed E-state index contributed by atoms with van der Waals surface area (Å²) in [7, 11) is 3.70. The van der Waals surface area contributed by atoms with Crippen molar-refractivity contribution in [1.29, 1.82) is 0 Å². The Kier molecular flexibility index (Phi) is 17.8. The van der Waals surface area contributed by atoms with Gasteiger partial charge in [0.25, 0.3) is 0 Å². The van der Waals surface area contributed by atoms with E-state index in [1.165, 1.54) is 12.7 Å². The molecule has 70 heavy (non-hydrogen) atoms. The summed E-state index contributed by atoms with van der Waals surface area (Å²) in [6.07, 6.45) is 12.6. The van der Waals surface area contributed by atoms with E-state index in [1.54, 1.807) is 28.0 Å². The molecule has 8 aromatic rings. The normalized spacial score (nSPS) is 18.4. The van der Waals surface area contributed by atoms with E-state index in [0.29, 0.717) is 84.3 Å². The Morgan fingerprint density at radius 3 is 1.61 bits per heavy atom. The van der Waals surface area contributed by atoms with Crippen LogP contribution in [0, 0.1) is 37.5 Å². The van der Waals surface area contributed by atoms with Gasteiger partial charge in [0.2, 0.25) is 35.3 Å². The molecule has 0 bridgehead atoms. The number of aromatic nitrogens is 14. The van der Waals surface area contributed by atoms with E-state index in [2.05, 4.69) is 98.7 Å². The monoisotopic (exact) mass is 974 g/mol. The summed E-state index contributed by atoms with van der Waals surface area (Å²) in [5, 5.41) is 21.8. The van der Waals surface area contributed by atoms with Crippen molar-refractivity contribution in [2.75, 3.05) is 10.6 Å². The Morgan fingerprint density at radius 2 is 1.19 bits per heavy atom. The molecule has 0 radical (unpaired) electrons. The maximum atomic E-state index is 12.6. The first-order valence-electron chi connectivity index (χ1n) is 22.2. The van der Waals surface area contributed by atoms with E-state index in [0.717, 1.165) is 44.8 Å². The largest absolute Gasteiger partial charge is 1.00 e. The number of hydrogen-bond acceptors (Lipinski definition) is 20. The maximum Gasteiger partial charge on any atom is 1.00 e. The van der Waals surface area contributed by atoms with Gasteiger partial charge < -0.3 is 35.7 Å². The van der Waals surface area contributed by atoms with Crippen molar-refractivity contribution in [3.8, 4) is 22.8 Å². The molecule has 23 heteroatoms. The zero-order valence-corrected chi connectivity index (χ0v) is 43.6. The summed E-state index contributed by atoms with van der Waals surface area (Å²) in [5.74, 6) is 6.21. The van der Waals surface area contributed by atoms with E-state index >= 15 is 0 Å². The second kappa shape index (κ2) is 23.5. The third kappa shape index (κ3) is 12.9. The van der Waals surface area contributed by atoms with E-state index in [9.17, 15) is 9.59 Å². The van der Waals surface area contributed by atoms with Gasteiger partial charge in [-0.05, 0) is 78.3 Å². The first-order valence-corrected chi connectivity index (χ1v) is 22.2. The summed E-state index contributed by atoms with van der Waals surface area (Å²) in [5.41, 5.74) is 13.5. The molecule has 0 amide bonds. The fourth-order valence-electron chi connectivity index (χ4n) is 7.88. The molecule has 6 atom stereocenters. The molecular formula is C47H53KN17O5-. The predicted octanol–water partition coefficient (Wildman–Crippen LogP) is 3.40. The summed E-state index contributed by atoms with van der Waals surface area (Å²) in [6, 6.07) is 12.0. The summed E-state index contributed by atoms with van der Waals surface area (Å²) in [6.45, 7) is 13.1. The van der Waals surface area contributed by atoms with Crippen LogP contribution in [-0.2, 0) is 31.9 Å². The standard InChI is InChI=1S/C24H26N8O2.C15H17N7.C8H9N2O2.K.H2O/c1-13-9-17(21-25-12-26-24(30-21)28-18-10-27-32(4)11-18)6-5-16(13)7-8-19(33)22-29-23(34-31-22)20-14(2)15(20)3;1-10-5-11(3-4-12(10)6-16)14-17-9-18-15(21-14)20-13-7-19-22(2)8-13;1-4-5(2)7(4)8-9-6(3-11)10-12-8;;/h5-6,9-12,14-15,20H,7-8H2,1-4H3,(H,25,26,28,30);3-5,7-9H,6,16H2,1-2H3,(H,17,18,20,21);4-5,7H,1-2H3;;1H2/q;;-1;+1;/p-1/t14-,15+,20?;;4-,5+,7?;;. The Bertz CT molecular complexity index is 3030. The summed E-state index contributed by atoms with van der Waals surface area (Å²) >= 11 is 0. The van der Waals surface area contributed by atoms with Crippen LogP contribution in [-0.4, -0.2) is 87.3 Å². The Morgan fingerprint density at radius 1 is 0.700 bits per heavy atom. The third-order valence-corrected chi connectivity index (χ3v) is 12.5. The number of nitrogens with zero attached hydrogens (tertiary/aromatic N) is 14. The second-order valence-corrected chi connectivity index (χ2v) is 17.2. The van der Waals surface area contributed by atoms with Crippen LogP contribution >= 0.6 is 0 Å². The number of carbonyl (C=O) groups excluding carboxylic acids is 2. The molecular weight excluding hydrogens is 922 g/mol. The van der Waals surface area contributed by atoms with Crippen LogP contribution in [0.2, 0.25) is 0 Å². The third-order valence-electron chi connectivity index (χ3n) is 12.5. The number of Topliss-reactive ketones (excluding diaryl/α,β-unsaturated/α-hetero) is 1. The van der Waals surface area contributed by atoms with Gasteiger partial charge in [0.05, 0.1) is 29.6 Å². The molecule has 2 aliphatic rings. The van der Waals surface area contributed by atoms with Crippen LogP contribution in [0.25, 0.3) is 22.8 Å². The van der Waals surface area contributed by atoms with Gasteiger partial charge in [0, 0.05) is 62.4 Å². The molecule has 2 aromatic carbocycles. The van der Waals surface area contributed by atoms with E-state index in [4.69, 9.17) is 14.8 Å². The first-order chi connectivity index (χ1) is 32.8. The van der Waals surface area contributed by atoms with Gasteiger partial charge in [0.15, 0.2) is 11.6 Å². The average molecular weight is 975 g/mol. The van der Waals surface area contributed by atoms with Gasteiger partial charge >= 0.3 is 51.4 Å². The van der Waals surface area contributed by atoms with E-state index < -0.39 is 0 Å². The van der Waals surface area contributed by atoms with Crippen molar-refractivity contribution in [2.45, 2.75) is 72.8 Å². The molecule has 10 rings (SSSR count). The van der Waals surface area contributed by atoms with Crippen LogP contribution in [0.1, 0.15) is 96.4 Å². The molecule has 0 saturated heterocycles. The molecule has 2 aliphatic carbocycles. The van der Waals surface area contributed by atoms with Crippen LogP contribution in [0.3, 0.4) is 0 Å². The second-order valence-electron chi connectivity index (χ2n) is 17.2. The Balaban J connectivity index is 0.000000191. The van der Waals surface area contributed by atoms with Gasteiger partial charge in [-0.3, -0.25) is 14.2 Å². The van der Waals surface area contributed by atoms with Crippen molar-refractivity contribution in [1.82, 2.24) is 69.7 Å². The number of carbonyl (C=O) groups is 1. The molecule has 2 fully saturated rings. The van der Waals surface area contributed by atoms with Crippen LogP contribution in [0.15, 0.2) is 82.9 Å². The van der Waals surface area contributed by atoms with Crippen molar-refractivity contribution in [2.24, 2.45) is 43.5 Å². The molecule has 5 N–H and O–H groups in total. The van der Waals surface area contributed by atoms with Gasteiger partial charge in [0.1, 0.15) is 12.7 Å². The van der Waals surface area contributed by atoms with Crippen molar-refractivity contribution >= 4 is 35.3 Å². The average Bonchev–Trinajstić information content (AvgIpc) is 3.80. The maximum absolute atomic E-state index is 12.6. The Labute approximate surface area is 446 Å². The van der Waals surface area contributed by atoms with Crippen molar-refractivity contribution in [3.05, 3.63) is 120 Å². The van der Waals surface area contributed by atoms with Crippen molar-refractivity contribution < 1.29 is 75.5 Å². The molecule has 22 nitrogen and oxygen atoms in total. The zero-order valence-electron chi connectivity index (χ0n) is 40.4. The molecule has 0 spiro atoms. The van der Waals surface area contributed by atoms with Gasteiger partial charge in [-0.2, -0.15) is 31.4 Å². The molecule has 2 saturated carbocycles. The number of rotatable bonds is 14. The molecule has 6 aromatic heterocycles. The minimum atomic E-state index is -0.108. The molecule has 0 aliphatic heterocycles. The summed E-state index contributed by atoms with van der Waals surface area (Å²) in [4.78, 5) is 56.8. The van der Waals surface area contributed by atoms with Crippen LogP contribution in [0.4, 0.5) is 23.3 Å². The van der Waals surface area contributed by atoms with Crippen LogP contribution < -0.4 is 67.8 Å². The fourth-order valence-corrected chi connectivity index (χ4v) is 7.88. The van der Waals surface area contributed by atoms with Gasteiger partial charge in [-0.1, -0.05) is 62.3 Å². The topological polar surface area (TPSA) is 305 Å². The van der Waals surface area contributed by atoms with E-state index in [1.807, 2.05) is 76.7 Å². The quantitative estimate of drug-likeness (QED) is 0.0799. The van der Waals surface area contributed by atoms with Crippen LogP contribution in [0.5, 0.6) is 0 Å². The number of nitrogens with two attached hydrogens (primary N) is 1. The molecule has 6 heterocycles. The number of ketones is 1. The molecule has 358 valence electrons. The molecule has 2 unspecified atom stereocenters. The minimum absolute atomic E-state index is 0. The number of anilines is 4. The fraction of sp³-hybridized carbons (Fsp3) is 0.362. The Hall–Kier alpha value is -6.34. The number of benzene rings is 2. The van der Waals surface area contributed by atoms with E-state index in [-0.39, 0.29) is 80.2 Å².